The standard InChI is InChI=1S/C14H18FNO2/c1-14(2,3)10-7-16(8-10)12-6-9(13(17)18)4-5-11(12)15/h4-6,10H,7-8H2,1-3H3,(H,17,18). The number of benzene rings is 1. The quantitative estimate of drug-likeness (QED) is 0.878. The number of anilines is 1. The second kappa shape index (κ2) is 4.26. The Morgan fingerprint density at radius 3 is 2.50 bits per heavy atom. The average Bonchev–Trinajstić information content (AvgIpc) is 2.15. The Bertz CT molecular complexity index is 473. The second-order valence-electron chi connectivity index (χ2n) is 5.94. The van der Waals surface area contributed by atoms with Crippen LogP contribution in [0, 0.1) is 17.2 Å². The van der Waals surface area contributed by atoms with Gasteiger partial charge in [0.25, 0.3) is 0 Å². The number of carbonyl (C=O) groups is 1. The largest absolute Gasteiger partial charge is 0.478 e. The highest BCUT2D eigenvalue weighted by Gasteiger charge is 2.36. The maximum atomic E-state index is 13.7. The molecular weight excluding hydrogens is 233 g/mol. The molecule has 2 rings (SSSR count). The van der Waals surface area contributed by atoms with Crippen molar-refractivity contribution in [2.24, 2.45) is 11.3 Å². The molecule has 0 amide bonds. The minimum absolute atomic E-state index is 0.130. The predicted octanol–water partition coefficient (Wildman–Crippen LogP) is 3.01. The van der Waals surface area contributed by atoms with Gasteiger partial charge in [-0.15, -0.1) is 0 Å². The van der Waals surface area contributed by atoms with Crippen molar-refractivity contribution in [1.29, 1.82) is 0 Å². The number of hydrogen-bond acceptors (Lipinski definition) is 2. The van der Waals surface area contributed by atoms with Crippen LogP contribution in [0.25, 0.3) is 0 Å². The van der Waals surface area contributed by atoms with Crippen molar-refractivity contribution in [2.75, 3.05) is 18.0 Å². The minimum Gasteiger partial charge on any atom is -0.478 e. The highest BCUT2D eigenvalue weighted by atomic mass is 19.1. The van der Waals surface area contributed by atoms with E-state index in [2.05, 4.69) is 20.8 Å². The lowest BCUT2D eigenvalue weighted by molar-refractivity contribution is 0.0696. The summed E-state index contributed by atoms with van der Waals surface area (Å²) in [6.45, 7) is 8.06. The smallest absolute Gasteiger partial charge is 0.335 e. The molecule has 1 aliphatic heterocycles. The lowest BCUT2D eigenvalue weighted by atomic mass is 9.76. The molecule has 0 spiro atoms. The van der Waals surface area contributed by atoms with Crippen LogP contribution < -0.4 is 4.90 Å². The maximum absolute atomic E-state index is 13.7. The fourth-order valence-corrected chi connectivity index (χ4v) is 2.11. The van der Waals surface area contributed by atoms with Crippen LogP contribution in [-0.2, 0) is 0 Å². The van der Waals surface area contributed by atoms with Crippen LogP contribution in [0.1, 0.15) is 31.1 Å². The molecule has 1 saturated heterocycles. The van der Waals surface area contributed by atoms with Gasteiger partial charge >= 0.3 is 5.97 Å². The van der Waals surface area contributed by atoms with Crippen LogP contribution in [0.4, 0.5) is 10.1 Å². The van der Waals surface area contributed by atoms with Crippen molar-refractivity contribution in [2.45, 2.75) is 20.8 Å². The topological polar surface area (TPSA) is 40.5 Å². The molecule has 0 unspecified atom stereocenters. The van der Waals surface area contributed by atoms with Crippen molar-refractivity contribution < 1.29 is 14.3 Å². The van der Waals surface area contributed by atoms with Gasteiger partial charge in [0.1, 0.15) is 5.82 Å². The molecule has 0 bridgehead atoms. The molecule has 3 nitrogen and oxygen atoms in total. The van der Waals surface area contributed by atoms with E-state index in [0.29, 0.717) is 11.6 Å². The second-order valence-corrected chi connectivity index (χ2v) is 5.94. The molecule has 1 heterocycles. The van der Waals surface area contributed by atoms with E-state index in [4.69, 9.17) is 5.11 Å². The Hall–Kier alpha value is -1.58. The monoisotopic (exact) mass is 251 g/mol. The molecule has 1 aromatic carbocycles. The fourth-order valence-electron chi connectivity index (χ4n) is 2.11. The van der Waals surface area contributed by atoms with E-state index in [1.807, 2.05) is 4.90 Å². The molecule has 1 aliphatic rings. The summed E-state index contributed by atoms with van der Waals surface area (Å²) in [5.74, 6) is -0.859. The van der Waals surface area contributed by atoms with Gasteiger partial charge in [0.2, 0.25) is 0 Å². The Labute approximate surface area is 106 Å². The number of halogens is 1. The summed E-state index contributed by atoms with van der Waals surface area (Å²) in [4.78, 5) is 12.8. The summed E-state index contributed by atoms with van der Waals surface area (Å²) in [7, 11) is 0. The van der Waals surface area contributed by atoms with Crippen LogP contribution in [-0.4, -0.2) is 24.2 Å². The lowest BCUT2D eigenvalue weighted by Gasteiger charge is -2.47. The van der Waals surface area contributed by atoms with Crippen LogP contribution in [0.3, 0.4) is 0 Å². The molecule has 18 heavy (non-hydrogen) atoms. The third-order valence-electron chi connectivity index (χ3n) is 3.64. The Balaban J connectivity index is 2.16. The van der Waals surface area contributed by atoms with Gasteiger partial charge in [-0.3, -0.25) is 0 Å². The zero-order chi connectivity index (χ0) is 13.5. The zero-order valence-electron chi connectivity index (χ0n) is 10.9. The van der Waals surface area contributed by atoms with E-state index in [1.165, 1.54) is 18.2 Å². The number of aromatic carboxylic acids is 1. The minimum atomic E-state index is -1.02. The molecular formula is C14H18FNO2. The summed E-state index contributed by atoms with van der Waals surface area (Å²) in [5.41, 5.74) is 0.734. The van der Waals surface area contributed by atoms with Gasteiger partial charge in [0.15, 0.2) is 0 Å². The van der Waals surface area contributed by atoms with Gasteiger partial charge in [-0.2, -0.15) is 0 Å². The van der Waals surface area contributed by atoms with Crippen molar-refractivity contribution in [3.63, 3.8) is 0 Å². The molecule has 1 aromatic rings. The normalized spacial score (nSPS) is 16.6. The predicted molar refractivity (Wildman–Crippen MR) is 68.5 cm³/mol. The van der Waals surface area contributed by atoms with Gasteiger partial charge in [-0.1, -0.05) is 20.8 Å². The summed E-state index contributed by atoms with van der Waals surface area (Å²) < 4.78 is 13.7. The first-order valence-corrected chi connectivity index (χ1v) is 6.07. The molecule has 1 N–H and O–H groups in total. The third kappa shape index (κ3) is 2.33. The van der Waals surface area contributed by atoms with Crippen molar-refractivity contribution in [1.82, 2.24) is 0 Å². The number of hydrogen-bond donors (Lipinski definition) is 1. The van der Waals surface area contributed by atoms with Gasteiger partial charge in [-0.05, 0) is 29.5 Å². The lowest BCUT2D eigenvalue weighted by Crippen LogP contribution is -2.52. The van der Waals surface area contributed by atoms with Gasteiger partial charge in [0.05, 0.1) is 11.3 Å². The summed E-state index contributed by atoms with van der Waals surface area (Å²) in [6.07, 6.45) is 0. The first-order valence-electron chi connectivity index (χ1n) is 6.07. The van der Waals surface area contributed by atoms with Crippen molar-refractivity contribution in [3.05, 3.63) is 29.6 Å². The SMILES string of the molecule is CC(C)(C)C1CN(c2cc(C(=O)O)ccc2F)C1. The van der Waals surface area contributed by atoms with Gasteiger partial charge in [0, 0.05) is 13.1 Å². The highest BCUT2D eigenvalue weighted by molar-refractivity contribution is 5.89. The van der Waals surface area contributed by atoms with Crippen molar-refractivity contribution in [3.8, 4) is 0 Å². The van der Waals surface area contributed by atoms with Gasteiger partial charge < -0.3 is 10.0 Å². The Morgan fingerprint density at radius 2 is 2.00 bits per heavy atom. The van der Waals surface area contributed by atoms with E-state index in [1.54, 1.807) is 0 Å². The highest BCUT2D eigenvalue weighted by Crippen LogP contribution is 2.37. The van der Waals surface area contributed by atoms with Crippen LogP contribution in [0.5, 0.6) is 0 Å². The first kappa shape index (κ1) is 12.9. The first-order chi connectivity index (χ1) is 8.29. The van der Waals surface area contributed by atoms with Crippen LogP contribution in [0.2, 0.25) is 0 Å². The van der Waals surface area contributed by atoms with E-state index in [0.717, 1.165) is 13.1 Å². The molecule has 98 valence electrons. The molecule has 4 heteroatoms. The summed E-state index contributed by atoms with van der Waals surface area (Å²) in [6, 6.07) is 3.93. The van der Waals surface area contributed by atoms with E-state index < -0.39 is 5.97 Å². The molecule has 0 atom stereocenters. The molecule has 0 aromatic heterocycles. The molecule has 0 aliphatic carbocycles. The summed E-state index contributed by atoms with van der Waals surface area (Å²) >= 11 is 0. The molecule has 0 saturated carbocycles. The van der Waals surface area contributed by atoms with Crippen LogP contribution >= 0.6 is 0 Å². The van der Waals surface area contributed by atoms with Crippen molar-refractivity contribution >= 4 is 11.7 Å². The Morgan fingerprint density at radius 1 is 1.39 bits per heavy atom. The number of rotatable bonds is 2. The van der Waals surface area contributed by atoms with E-state index in [9.17, 15) is 9.18 Å². The number of nitrogens with zero attached hydrogens (tertiary/aromatic N) is 1. The summed E-state index contributed by atoms with van der Waals surface area (Å²) in [5, 5.41) is 8.91. The number of carboxylic acids is 1. The van der Waals surface area contributed by atoms with Crippen LogP contribution in [0.15, 0.2) is 18.2 Å². The maximum Gasteiger partial charge on any atom is 0.335 e. The third-order valence-corrected chi connectivity index (χ3v) is 3.64. The fraction of sp³-hybridized carbons (Fsp3) is 0.500. The molecule has 1 fully saturated rings. The number of carboxylic acid groups (broad SMARTS) is 1. The van der Waals surface area contributed by atoms with E-state index >= 15 is 0 Å². The zero-order valence-corrected chi connectivity index (χ0v) is 10.9. The van der Waals surface area contributed by atoms with E-state index in [-0.39, 0.29) is 16.8 Å². The van der Waals surface area contributed by atoms with Gasteiger partial charge in [-0.25, -0.2) is 9.18 Å². The Kier molecular flexibility index (Phi) is 3.05. The average molecular weight is 251 g/mol. The molecule has 0 radical (unpaired) electrons.